The summed E-state index contributed by atoms with van der Waals surface area (Å²) in [6.45, 7) is 7.42. The molecular formula is C24H25ClN2O4S. The Hall–Kier alpha value is -3.03. The van der Waals surface area contributed by atoms with Gasteiger partial charge in [-0.05, 0) is 86.8 Å². The van der Waals surface area contributed by atoms with Crippen molar-refractivity contribution in [3.05, 3.63) is 81.9 Å². The maximum atomic E-state index is 12.7. The summed E-state index contributed by atoms with van der Waals surface area (Å²) in [5.41, 5.74) is 4.87. The summed E-state index contributed by atoms with van der Waals surface area (Å²) in [5.74, 6) is 0.142. The first-order valence-corrected chi connectivity index (χ1v) is 11.8. The van der Waals surface area contributed by atoms with Gasteiger partial charge in [-0.1, -0.05) is 29.3 Å². The number of halogens is 1. The number of carbonyl (C=O) groups is 1. The number of benzene rings is 3. The van der Waals surface area contributed by atoms with E-state index in [0.29, 0.717) is 22.0 Å². The summed E-state index contributed by atoms with van der Waals surface area (Å²) in [5, 5.41) is 3.40. The van der Waals surface area contributed by atoms with E-state index in [9.17, 15) is 13.2 Å². The van der Waals surface area contributed by atoms with Gasteiger partial charge in [0.25, 0.3) is 15.9 Å². The van der Waals surface area contributed by atoms with Crippen molar-refractivity contribution in [2.45, 2.75) is 32.6 Å². The number of anilines is 2. The standard InChI is InChI=1S/C24H25ClN2O4S/c1-15-11-17(3)24(18(4)12-15)26-23(28)14-31-22-10-9-21(13-16(22)2)32(29,30)27-20-7-5-19(25)6-8-20/h5-13,27H,14H2,1-4H3,(H,26,28). The predicted molar refractivity (Wildman–Crippen MR) is 128 cm³/mol. The van der Waals surface area contributed by atoms with Crippen molar-refractivity contribution >= 4 is 38.9 Å². The molecule has 0 bridgehead atoms. The minimum atomic E-state index is -3.78. The Labute approximate surface area is 193 Å². The lowest BCUT2D eigenvalue weighted by Gasteiger charge is -2.14. The lowest BCUT2D eigenvalue weighted by molar-refractivity contribution is -0.118. The Morgan fingerprint density at radius 2 is 1.53 bits per heavy atom. The smallest absolute Gasteiger partial charge is 0.262 e. The SMILES string of the molecule is Cc1cc(C)c(NC(=O)COc2ccc(S(=O)(=O)Nc3ccc(Cl)cc3)cc2C)c(C)c1. The van der Waals surface area contributed by atoms with Crippen LogP contribution in [0.5, 0.6) is 5.75 Å². The minimum Gasteiger partial charge on any atom is -0.483 e. The number of amides is 1. The molecule has 3 aromatic carbocycles. The van der Waals surface area contributed by atoms with E-state index in [1.807, 2.05) is 32.9 Å². The fourth-order valence-electron chi connectivity index (χ4n) is 3.38. The molecule has 0 aliphatic carbocycles. The molecule has 168 valence electrons. The number of nitrogens with one attached hydrogen (secondary N) is 2. The van der Waals surface area contributed by atoms with Gasteiger partial charge in [-0.2, -0.15) is 0 Å². The topological polar surface area (TPSA) is 84.5 Å². The van der Waals surface area contributed by atoms with Crippen LogP contribution in [-0.2, 0) is 14.8 Å². The van der Waals surface area contributed by atoms with Crippen molar-refractivity contribution in [2.75, 3.05) is 16.6 Å². The molecule has 0 spiro atoms. The Morgan fingerprint density at radius 3 is 2.12 bits per heavy atom. The molecule has 0 heterocycles. The summed E-state index contributed by atoms with van der Waals surface area (Å²) in [6.07, 6.45) is 0. The van der Waals surface area contributed by atoms with Crippen LogP contribution >= 0.6 is 11.6 Å². The summed E-state index contributed by atoms with van der Waals surface area (Å²) >= 11 is 5.84. The first-order valence-electron chi connectivity index (χ1n) is 9.95. The van der Waals surface area contributed by atoms with Gasteiger partial charge in [-0.15, -0.1) is 0 Å². The number of hydrogen-bond donors (Lipinski definition) is 2. The Bertz CT molecular complexity index is 1230. The van der Waals surface area contributed by atoms with E-state index in [-0.39, 0.29) is 17.4 Å². The van der Waals surface area contributed by atoms with Crippen molar-refractivity contribution in [3.8, 4) is 5.75 Å². The Balaban J connectivity index is 1.66. The maximum absolute atomic E-state index is 12.7. The van der Waals surface area contributed by atoms with Crippen molar-refractivity contribution in [2.24, 2.45) is 0 Å². The average molecular weight is 473 g/mol. The molecule has 0 atom stereocenters. The molecule has 0 fully saturated rings. The van der Waals surface area contributed by atoms with Crippen molar-refractivity contribution in [1.82, 2.24) is 0 Å². The molecule has 3 aromatic rings. The van der Waals surface area contributed by atoms with Crippen LogP contribution in [-0.4, -0.2) is 20.9 Å². The van der Waals surface area contributed by atoms with E-state index in [2.05, 4.69) is 10.0 Å². The molecule has 6 nitrogen and oxygen atoms in total. The molecule has 0 aliphatic heterocycles. The normalized spacial score (nSPS) is 11.2. The second-order valence-corrected chi connectivity index (χ2v) is 9.77. The predicted octanol–water partition coefficient (Wildman–Crippen LogP) is 5.39. The van der Waals surface area contributed by atoms with Gasteiger partial charge < -0.3 is 10.1 Å². The molecule has 1 amide bonds. The summed E-state index contributed by atoms with van der Waals surface area (Å²) in [6, 6.07) is 14.9. The van der Waals surface area contributed by atoms with Gasteiger partial charge in [-0.25, -0.2) is 8.42 Å². The largest absolute Gasteiger partial charge is 0.483 e. The van der Waals surface area contributed by atoms with Crippen LogP contribution in [0.1, 0.15) is 22.3 Å². The van der Waals surface area contributed by atoms with Crippen LogP contribution in [0, 0.1) is 27.7 Å². The molecule has 8 heteroatoms. The van der Waals surface area contributed by atoms with Gasteiger partial charge in [-0.3, -0.25) is 9.52 Å². The second-order valence-electron chi connectivity index (χ2n) is 7.65. The van der Waals surface area contributed by atoms with Crippen LogP contribution in [0.4, 0.5) is 11.4 Å². The number of ether oxygens (including phenoxy) is 1. The summed E-state index contributed by atoms with van der Waals surface area (Å²) in [4.78, 5) is 12.5. The molecule has 32 heavy (non-hydrogen) atoms. The molecule has 2 N–H and O–H groups in total. The zero-order valence-electron chi connectivity index (χ0n) is 18.3. The zero-order valence-corrected chi connectivity index (χ0v) is 19.9. The number of sulfonamides is 1. The average Bonchev–Trinajstić information content (AvgIpc) is 2.71. The minimum absolute atomic E-state index is 0.0904. The van der Waals surface area contributed by atoms with Crippen LogP contribution in [0.15, 0.2) is 59.5 Å². The fraction of sp³-hybridized carbons (Fsp3) is 0.208. The highest BCUT2D eigenvalue weighted by molar-refractivity contribution is 7.92. The number of carbonyl (C=O) groups excluding carboxylic acids is 1. The van der Waals surface area contributed by atoms with Gasteiger partial charge in [0, 0.05) is 16.4 Å². The second kappa shape index (κ2) is 9.63. The van der Waals surface area contributed by atoms with Crippen molar-refractivity contribution in [3.63, 3.8) is 0 Å². The molecule has 0 unspecified atom stereocenters. The van der Waals surface area contributed by atoms with E-state index in [4.69, 9.17) is 16.3 Å². The highest BCUT2D eigenvalue weighted by atomic mass is 35.5. The van der Waals surface area contributed by atoms with Crippen LogP contribution in [0.2, 0.25) is 5.02 Å². The zero-order chi connectivity index (χ0) is 23.5. The number of aryl methyl sites for hydroxylation is 4. The molecule has 0 saturated heterocycles. The monoisotopic (exact) mass is 472 g/mol. The number of rotatable bonds is 7. The first-order chi connectivity index (χ1) is 15.0. The quantitative estimate of drug-likeness (QED) is 0.482. The lowest BCUT2D eigenvalue weighted by atomic mass is 10.1. The third-order valence-corrected chi connectivity index (χ3v) is 6.48. The van der Waals surface area contributed by atoms with Crippen molar-refractivity contribution < 1.29 is 17.9 Å². The van der Waals surface area contributed by atoms with Gasteiger partial charge in [0.05, 0.1) is 4.90 Å². The maximum Gasteiger partial charge on any atom is 0.262 e. The van der Waals surface area contributed by atoms with E-state index in [1.165, 1.54) is 12.1 Å². The Kier molecular flexibility index (Phi) is 7.11. The van der Waals surface area contributed by atoms with Gasteiger partial charge >= 0.3 is 0 Å². The van der Waals surface area contributed by atoms with Crippen molar-refractivity contribution in [1.29, 1.82) is 0 Å². The van der Waals surface area contributed by atoms with Gasteiger partial charge in [0.2, 0.25) is 0 Å². The highest BCUT2D eigenvalue weighted by Gasteiger charge is 2.16. The van der Waals surface area contributed by atoms with Crippen LogP contribution in [0.3, 0.4) is 0 Å². The molecule has 0 aromatic heterocycles. The lowest BCUT2D eigenvalue weighted by Crippen LogP contribution is -2.21. The third-order valence-electron chi connectivity index (χ3n) is 4.85. The van der Waals surface area contributed by atoms with E-state index >= 15 is 0 Å². The van der Waals surface area contributed by atoms with Gasteiger partial charge in [0.1, 0.15) is 5.75 Å². The number of hydrogen-bond acceptors (Lipinski definition) is 4. The Morgan fingerprint density at radius 1 is 0.906 bits per heavy atom. The van der Waals surface area contributed by atoms with E-state index in [1.54, 1.807) is 37.3 Å². The first kappa shape index (κ1) is 23.6. The molecule has 0 radical (unpaired) electrons. The summed E-state index contributed by atoms with van der Waals surface area (Å²) in [7, 11) is -3.78. The molecule has 0 aliphatic rings. The highest BCUT2D eigenvalue weighted by Crippen LogP contribution is 2.25. The molecule has 0 saturated carbocycles. The molecular weight excluding hydrogens is 448 g/mol. The van der Waals surface area contributed by atoms with Crippen LogP contribution < -0.4 is 14.8 Å². The molecule has 3 rings (SSSR count). The van der Waals surface area contributed by atoms with Crippen LogP contribution in [0.25, 0.3) is 0 Å². The van der Waals surface area contributed by atoms with E-state index in [0.717, 1.165) is 22.4 Å². The third kappa shape index (κ3) is 5.81. The van der Waals surface area contributed by atoms with E-state index < -0.39 is 10.0 Å². The van der Waals surface area contributed by atoms with Gasteiger partial charge in [0.15, 0.2) is 6.61 Å². The fourth-order valence-corrected chi connectivity index (χ4v) is 4.65. The summed E-state index contributed by atoms with van der Waals surface area (Å²) < 4.78 is 33.5.